The van der Waals surface area contributed by atoms with Crippen molar-refractivity contribution in [2.24, 2.45) is 11.8 Å². The first kappa shape index (κ1) is 39.3. The summed E-state index contributed by atoms with van der Waals surface area (Å²) in [6, 6.07) is 7.18. The van der Waals surface area contributed by atoms with Crippen molar-refractivity contribution in [3.63, 3.8) is 0 Å². The van der Waals surface area contributed by atoms with Gasteiger partial charge in [-0.1, -0.05) is 76.3 Å². The Bertz CT molecular complexity index is 1320. The van der Waals surface area contributed by atoms with E-state index in [9.17, 15) is 24.3 Å². The maximum absolute atomic E-state index is 14.3. The van der Waals surface area contributed by atoms with Crippen molar-refractivity contribution in [3.05, 3.63) is 54.1 Å². The number of hydrogen-bond donors (Lipinski definition) is 3. The molecule has 1 saturated carbocycles. The van der Waals surface area contributed by atoms with E-state index in [-0.39, 0.29) is 12.8 Å². The molecule has 1 heterocycles. The summed E-state index contributed by atoms with van der Waals surface area (Å²) in [6.07, 6.45) is 8.03. The summed E-state index contributed by atoms with van der Waals surface area (Å²) in [6.45, 7) is 4.22. The van der Waals surface area contributed by atoms with Gasteiger partial charge in [-0.2, -0.15) is 0 Å². The number of aliphatic hydroxyl groups is 1. The summed E-state index contributed by atoms with van der Waals surface area (Å²) in [5.41, 5.74) is 1.32. The minimum atomic E-state index is -1.31. The van der Waals surface area contributed by atoms with E-state index in [1.807, 2.05) is 30.3 Å². The highest BCUT2D eigenvalue weighted by atomic mass is 16.6. The monoisotopic (exact) mass is 683 g/mol. The van der Waals surface area contributed by atoms with Crippen LogP contribution in [0.4, 0.5) is 9.59 Å². The number of nitrogens with zero attached hydrogens (tertiary/aromatic N) is 5. The third-order valence-electron chi connectivity index (χ3n) is 9.38. The van der Waals surface area contributed by atoms with Gasteiger partial charge in [0.15, 0.2) is 6.10 Å². The number of benzene rings is 1. The van der Waals surface area contributed by atoms with Gasteiger partial charge in [-0.05, 0) is 36.7 Å². The van der Waals surface area contributed by atoms with Crippen LogP contribution in [0.2, 0.25) is 0 Å². The number of carbonyl (C=O) groups excluding carboxylic acids is 4. The maximum Gasteiger partial charge on any atom is 0.429 e. The lowest BCUT2D eigenvalue weighted by atomic mass is 9.83. The number of H-pyrrole nitrogens is 1. The molecule has 1 aromatic carbocycles. The Balaban J connectivity index is 1.89. The van der Waals surface area contributed by atoms with Crippen molar-refractivity contribution in [1.82, 2.24) is 35.1 Å². The summed E-state index contributed by atoms with van der Waals surface area (Å²) >= 11 is 0. The number of hydrogen-bond acceptors (Lipinski definition) is 7. The molecule has 2 aromatic rings. The molecular formula is C36H57N7O6. The molecule has 13 nitrogen and oxygen atoms in total. The molecule has 49 heavy (non-hydrogen) atoms. The topological polar surface area (TPSA) is 151 Å². The molecule has 3 rings (SSSR count). The summed E-state index contributed by atoms with van der Waals surface area (Å²) < 4.78 is 5.78. The number of aliphatic hydroxyl groups excluding tert-OH is 1. The Labute approximate surface area is 291 Å². The first-order valence-corrected chi connectivity index (χ1v) is 17.4. The molecule has 1 aromatic heterocycles. The van der Waals surface area contributed by atoms with Gasteiger partial charge < -0.3 is 29.9 Å². The van der Waals surface area contributed by atoms with Gasteiger partial charge in [-0.3, -0.25) is 9.59 Å². The summed E-state index contributed by atoms with van der Waals surface area (Å²) in [5.74, 6) is -0.199. The molecule has 272 valence electrons. The predicted octanol–water partition coefficient (Wildman–Crippen LogP) is 4.24. The van der Waals surface area contributed by atoms with E-state index >= 15 is 0 Å². The van der Waals surface area contributed by atoms with Crippen LogP contribution in [0.15, 0.2) is 42.9 Å². The number of urea groups is 1. The number of rotatable bonds is 15. The van der Waals surface area contributed by atoms with Gasteiger partial charge >= 0.3 is 12.1 Å². The third-order valence-corrected chi connectivity index (χ3v) is 9.38. The number of ether oxygens (including phenoxy) is 1. The quantitative estimate of drug-likeness (QED) is 0.238. The zero-order valence-corrected chi connectivity index (χ0v) is 30.3. The highest BCUT2D eigenvalue weighted by Crippen LogP contribution is 2.29. The number of hydrazine groups is 1. The normalized spacial score (nSPS) is 15.9. The average Bonchev–Trinajstić information content (AvgIpc) is 3.61. The van der Waals surface area contributed by atoms with E-state index in [0.29, 0.717) is 30.4 Å². The SMILES string of the molecule is CC(C)CC[C@H](O)[C@H](CC1CCCCC1)NC(=O)[C@H](Cc1c[nH]cn1)N(C)C(=O)[C@H](Cc1ccccc1)OC(=O)N(C)N(C)C(=O)N(C)C. The highest BCUT2D eigenvalue weighted by Gasteiger charge is 2.37. The van der Waals surface area contributed by atoms with E-state index in [4.69, 9.17) is 4.74 Å². The molecule has 4 atom stereocenters. The molecular weight excluding hydrogens is 626 g/mol. The van der Waals surface area contributed by atoms with Gasteiger partial charge in [0, 0.05) is 54.3 Å². The molecule has 0 radical (unpaired) electrons. The zero-order valence-electron chi connectivity index (χ0n) is 30.3. The smallest absolute Gasteiger partial charge is 0.429 e. The molecule has 0 spiro atoms. The number of aromatic amines is 1. The Morgan fingerprint density at radius 1 is 0.959 bits per heavy atom. The van der Waals surface area contributed by atoms with E-state index < -0.39 is 48.2 Å². The largest absolute Gasteiger partial charge is 0.434 e. The highest BCUT2D eigenvalue weighted by molar-refractivity contribution is 5.90. The molecule has 13 heteroatoms. The van der Waals surface area contributed by atoms with Crippen LogP contribution in [-0.2, 0) is 27.2 Å². The van der Waals surface area contributed by atoms with Crippen LogP contribution in [0, 0.1) is 11.8 Å². The van der Waals surface area contributed by atoms with Crippen LogP contribution < -0.4 is 5.32 Å². The molecule has 0 saturated heterocycles. The fourth-order valence-corrected chi connectivity index (χ4v) is 6.21. The second-order valence-electron chi connectivity index (χ2n) is 13.9. The molecule has 5 amide bonds. The van der Waals surface area contributed by atoms with E-state index in [1.165, 1.54) is 43.7 Å². The number of nitrogens with one attached hydrogen (secondary N) is 2. The number of likely N-dealkylation sites (N-methyl/N-ethyl adjacent to an activating group) is 1. The van der Waals surface area contributed by atoms with Gasteiger partial charge in [0.05, 0.1) is 24.2 Å². The molecule has 1 aliphatic rings. The Kier molecular flexibility index (Phi) is 15.4. The average molecular weight is 684 g/mol. The third kappa shape index (κ3) is 12.1. The van der Waals surface area contributed by atoms with Gasteiger partial charge in [-0.25, -0.2) is 24.6 Å². The zero-order chi connectivity index (χ0) is 36.1. The summed E-state index contributed by atoms with van der Waals surface area (Å²) in [4.78, 5) is 64.2. The fraction of sp³-hybridized carbons (Fsp3) is 0.639. The lowest BCUT2D eigenvalue weighted by molar-refractivity contribution is -0.147. The van der Waals surface area contributed by atoms with Crippen molar-refractivity contribution < 1.29 is 29.0 Å². The summed E-state index contributed by atoms with van der Waals surface area (Å²) in [7, 11) is 7.43. The number of aromatic nitrogens is 2. The van der Waals surface area contributed by atoms with Crippen molar-refractivity contribution in [2.75, 3.05) is 35.2 Å². The molecule has 0 bridgehead atoms. The fourth-order valence-electron chi connectivity index (χ4n) is 6.21. The Morgan fingerprint density at radius 2 is 1.63 bits per heavy atom. The summed E-state index contributed by atoms with van der Waals surface area (Å²) in [5, 5.41) is 16.6. The van der Waals surface area contributed by atoms with Gasteiger partial charge in [-0.15, -0.1) is 0 Å². The predicted molar refractivity (Wildman–Crippen MR) is 187 cm³/mol. The molecule has 0 aliphatic heterocycles. The van der Waals surface area contributed by atoms with E-state index in [2.05, 4.69) is 29.1 Å². The molecule has 0 unspecified atom stereocenters. The van der Waals surface area contributed by atoms with Crippen molar-refractivity contribution in [1.29, 1.82) is 0 Å². The lowest BCUT2D eigenvalue weighted by Gasteiger charge is -2.35. The van der Waals surface area contributed by atoms with Gasteiger partial charge in [0.2, 0.25) is 5.91 Å². The maximum atomic E-state index is 14.3. The first-order chi connectivity index (χ1) is 23.3. The van der Waals surface area contributed by atoms with E-state index in [0.717, 1.165) is 47.7 Å². The van der Waals surface area contributed by atoms with Gasteiger partial charge in [0.25, 0.3) is 5.91 Å². The number of imidazole rings is 1. The van der Waals surface area contributed by atoms with Crippen LogP contribution >= 0.6 is 0 Å². The number of carbonyl (C=O) groups is 4. The molecule has 1 fully saturated rings. The van der Waals surface area contributed by atoms with Crippen LogP contribution in [0.5, 0.6) is 0 Å². The second-order valence-corrected chi connectivity index (χ2v) is 13.9. The Morgan fingerprint density at radius 3 is 2.22 bits per heavy atom. The standard InChI is InChI=1S/C36H57N7O6/c1-25(2)18-19-31(44)29(20-26-14-10-8-11-15-26)39-33(45)30(22-28-23-37-24-38-28)41(5)34(46)32(21-27-16-12-9-13-17-27)49-36(48)43(7)42(6)35(47)40(3)4/h9,12-13,16-17,23-26,29-32,44H,8,10-11,14-15,18-22H2,1-7H3,(H,37,38)(H,39,45)/t29-,30-,31-,32-/m0/s1. The molecule has 3 N–H and O–H groups in total. The lowest BCUT2D eigenvalue weighted by Crippen LogP contribution is -2.56. The minimum absolute atomic E-state index is 0.0455. The van der Waals surface area contributed by atoms with E-state index in [1.54, 1.807) is 20.3 Å². The van der Waals surface area contributed by atoms with Crippen LogP contribution in [0.3, 0.4) is 0 Å². The van der Waals surface area contributed by atoms with Crippen LogP contribution in [0.25, 0.3) is 0 Å². The Hall–Kier alpha value is -4.13. The first-order valence-electron chi connectivity index (χ1n) is 17.4. The van der Waals surface area contributed by atoms with Crippen molar-refractivity contribution in [3.8, 4) is 0 Å². The van der Waals surface area contributed by atoms with Gasteiger partial charge in [0.1, 0.15) is 6.04 Å². The molecule has 1 aliphatic carbocycles. The van der Waals surface area contributed by atoms with Crippen molar-refractivity contribution in [2.45, 2.75) is 102 Å². The second kappa shape index (κ2) is 19.2. The van der Waals surface area contributed by atoms with Crippen molar-refractivity contribution >= 4 is 23.9 Å². The minimum Gasteiger partial charge on any atom is -0.434 e. The number of amides is 5. The van der Waals surface area contributed by atoms with Crippen LogP contribution in [0.1, 0.15) is 76.5 Å². The van der Waals surface area contributed by atoms with Crippen LogP contribution in [-0.4, -0.2) is 118 Å².